The third kappa shape index (κ3) is 3.16. The molecule has 0 aliphatic carbocycles. The van der Waals surface area contributed by atoms with E-state index in [1.165, 1.54) is 6.42 Å². The van der Waals surface area contributed by atoms with E-state index in [4.69, 9.17) is 5.73 Å². The topological polar surface area (TPSA) is 51.3 Å². The monoisotopic (exact) mass is 221 g/mol. The Balaban J connectivity index is 2.01. The van der Waals surface area contributed by atoms with Crippen LogP contribution in [0.3, 0.4) is 0 Å². The molecule has 1 atom stereocenters. The molecule has 4 heteroatoms. The van der Waals surface area contributed by atoms with Crippen LogP contribution in [0.1, 0.15) is 30.7 Å². The highest BCUT2D eigenvalue weighted by Crippen LogP contribution is 2.15. The Labute approximate surface area is 93.8 Å². The first kappa shape index (κ1) is 10.4. The maximum Gasteiger partial charge on any atom is 0.115 e. The molecule has 1 aliphatic rings. The van der Waals surface area contributed by atoms with E-state index in [0.29, 0.717) is 0 Å². The lowest BCUT2D eigenvalue weighted by Crippen LogP contribution is -2.12. The van der Waals surface area contributed by atoms with Gasteiger partial charge in [-0.15, -0.1) is 11.3 Å². The molecule has 15 heavy (non-hydrogen) atoms. The summed E-state index contributed by atoms with van der Waals surface area (Å²) >= 11 is 1.64. The Bertz CT molecular complexity index is 354. The maximum atomic E-state index is 5.78. The highest BCUT2D eigenvalue weighted by molar-refractivity contribution is 7.10. The fraction of sp³-hybridized carbons (Fsp3) is 0.455. The van der Waals surface area contributed by atoms with Crippen molar-refractivity contribution in [2.24, 2.45) is 10.7 Å². The zero-order valence-electron chi connectivity index (χ0n) is 8.60. The number of rotatable bonds is 2. The van der Waals surface area contributed by atoms with Gasteiger partial charge in [0, 0.05) is 18.0 Å². The molecule has 80 valence electrons. The highest BCUT2D eigenvalue weighted by atomic mass is 32.1. The van der Waals surface area contributed by atoms with Crippen molar-refractivity contribution in [2.75, 3.05) is 0 Å². The third-order valence-electron chi connectivity index (χ3n) is 2.43. The second-order valence-corrected chi connectivity index (χ2v) is 4.59. The van der Waals surface area contributed by atoms with Crippen molar-refractivity contribution in [3.8, 4) is 0 Å². The smallest absolute Gasteiger partial charge is 0.115 e. The fourth-order valence-electron chi connectivity index (χ4n) is 1.65. The number of amidine groups is 1. The summed E-state index contributed by atoms with van der Waals surface area (Å²) in [4.78, 5) is 8.65. The molecule has 0 saturated heterocycles. The van der Waals surface area contributed by atoms with Gasteiger partial charge in [-0.1, -0.05) is 12.5 Å². The van der Waals surface area contributed by atoms with Gasteiger partial charge in [0.1, 0.15) is 5.01 Å². The molecule has 1 unspecified atom stereocenters. The van der Waals surface area contributed by atoms with E-state index >= 15 is 0 Å². The molecule has 0 spiro atoms. The Hall–Kier alpha value is -1.16. The summed E-state index contributed by atoms with van der Waals surface area (Å²) in [6.45, 7) is 0. The van der Waals surface area contributed by atoms with Crippen LogP contribution in [-0.4, -0.2) is 16.9 Å². The standard InChI is InChI=1S/C11H15N3S/c12-10-4-2-1-3-9(14-10)5-6-11-13-7-8-15-11/h5-9H,1-4H2,(H2,12,14)/b6-5+. The number of aromatic nitrogens is 1. The number of hydrogen-bond donors (Lipinski definition) is 1. The molecule has 2 rings (SSSR count). The first-order valence-electron chi connectivity index (χ1n) is 5.24. The summed E-state index contributed by atoms with van der Waals surface area (Å²) in [7, 11) is 0. The molecule has 0 radical (unpaired) electrons. The first-order chi connectivity index (χ1) is 7.34. The summed E-state index contributed by atoms with van der Waals surface area (Å²) in [5, 5.41) is 3.01. The van der Waals surface area contributed by atoms with Gasteiger partial charge in [-0.3, -0.25) is 4.99 Å². The molecule has 0 amide bonds. The lowest BCUT2D eigenvalue weighted by atomic mass is 10.1. The van der Waals surface area contributed by atoms with Crippen LogP contribution in [0.25, 0.3) is 6.08 Å². The number of nitrogens with two attached hydrogens (primary N) is 1. The van der Waals surface area contributed by atoms with E-state index in [1.54, 1.807) is 11.3 Å². The largest absolute Gasteiger partial charge is 0.387 e. The van der Waals surface area contributed by atoms with Gasteiger partial charge in [-0.25, -0.2) is 4.98 Å². The van der Waals surface area contributed by atoms with E-state index < -0.39 is 0 Å². The van der Waals surface area contributed by atoms with Gasteiger partial charge in [0.15, 0.2) is 0 Å². The minimum absolute atomic E-state index is 0.247. The summed E-state index contributed by atoms with van der Waals surface area (Å²) in [6, 6.07) is 0.247. The summed E-state index contributed by atoms with van der Waals surface area (Å²) in [5.74, 6) is 0.793. The fourth-order valence-corrected chi connectivity index (χ4v) is 2.19. The minimum Gasteiger partial charge on any atom is -0.387 e. The Morgan fingerprint density at radius 2 is 2.40 bits per heavy atom. The molecule has 2 N–H and O–H groups in total. The van der Waals surface area contributed by atoms with Crippen LogP contribution in [0.4, 0.5) is 0 Å². The van der Waals surface area contributed by atoms with E-state index in [2.05, 4.69) is 16.1 Å². The SMILES string of the molecule is NC1=NC(/C=C/c2nccs2)CCCC1. The van der Waals surface area contributed by atoms with Crippen LogP contribution in [0, 0.1) is 0 Å². The molecule has 0 aromatic carbocycles. The zero-order chi connectivity index (χ0) is 10.5. The van der Waals surface area contributed by atoms with E-state index in [0.717, 1.165) is 30.1 Å². The molecule has 3 nitrogen and oxygen atoms in total. The number of hydrogen-bond acceptors (Lipinski definition) is 4. The lowest BCUT2D eigenvalue weighted by Gasteiger charge is -2.03. The average molecular weight is 221 g/mol. The van der Waals surface area contributed by atoms with Crippen LogP contribution in [0.2, 0.25) is 0 Å². The quantitative estimate of drug-likeness (QED) is 0.834. The van der Waals surface area contributed by atoms with Crippen molar-refractivity contribution in [2.45, 2.75) is 31.7 Å². The average Bonchev–Trinajstić information content (AvgIpc) is 2.65. The molecule has 1 aromatic heterocycles. The molecular formula is C11H15N3S. The van der Waals surface area contributed by atoms with Crippen molar-refractivity contribution in [3.05, 3.63) is 22.7 Å². The van der Waals surface area contributed by atoms with E-state index in [-0.39, 0.29) is 6.04 Å². The van der Waals surface area contributed by atoms with E-state index in [1.807, 2.05) is 17.7 Å². The normalized spacial score (nSPS) is 22.7. The first-order valence-corrected chi connectivity index (χ1v) is 6.12. The summed E-state index contributed by atoms with van der Waals surface area (Å²) in [6.07, 6.45) is 10.4. The summed E-state index contributed by atoms with van der Waals surface area (Å²) in [5.41, 5.74) is 5.78. The van der Waals surface area contributed by atoms with Gasteiger partial charge < -0.3 is 5.73 Å². The molecule has 2 heterocycles. The third-order valence-corrected chi connectivity index (χ3v) is 3.17. The maximum absolute atomic E-state index is 5.78. The molecule has 1 aliphatic heterocycles. The second kappa shape index (κ2) is 5.07. The molecule has 0 bridgehead atoms. The predicted molar refractivity (Wildman–Crippen MR) is 65.0 cm³/mol. The molecule has 0 fully saturated rings. The van der Waals surface area contributed by atoms with Crippen LogP contribution < -0.4 is 5.73 Å². The molecule has 0 saturated carbocycles. The number of thiazole rings is 1. The van der Waals surface area contributed by atoms with Gasteiger partial charge in [0.25, 0.3) is 0 Å². The Morgan fingerprint density at radius 1 is 1.47 bits per heavy atom. The van der Waals surface area contributed by atoms with Crippen molar-refractivity contribution in [1.29, 1.82) is 0 Å². The van der Waals surface area contributed by atoms with Crippen molar-refractivity contribution < 1.29 is 0 Å². The predicted octanol–water partition coefficient (Wildman–Crippen LogP) is 2.46. The zero-order valence-corrected chi connectivity index (χ0v) is 9.41. The summed E-state index contributed by atoms with van der Waals surface area (Å²) < 4.78 is 0. The van der Waals surface area contributed by atoms with E-state index in [9.17, 15) is 0 Å². The van der Waals surface area contributed by atoms with Crippen LogP contribution >= 0.6 is 11.3 Å². The van der Waals surface area contributed by atoms with Gasteiger partial charge in [-0.05, 0) is 18.9 Å². The van der Waals surface area contributed by atoms with Crippen molar-refractivity contribution in [1.82, 2.24) is 4.98 Å². The molecule has 1 aromatic rings. The number of nitrogens with zero attached hydrogens (tertiary/aromatic N) is 2. The lowest BCUT2D eigenvalue weighted by molar-refractivity contribution is 0.669. The Morgan fingerprint density at radius 3 is 3.20 bits per heavy atom. The van der Waals surface area contributed by atoms with Crippen LogP contribution in [0.15, 0.2) is 22.6 Å². The van der Waals surface area contributed by atoms with Crippen molar-refractivity contribution >= 4 is 23.2 Å². The second-order valence-electron chi connectivity index (χ2n) is 3.66. The van der Waals surface area contributed by atoms with Gasteiger partial charge in [0.05, 0.1) is 11.9 Å². The van der Waals surface area contributed by atoms with Crippen molar-refractivity contribution in [3.63, 3.8) is 0 Å². The highest BCUT2D eigenvalue weighted by Gasteiger charge is 2.08. The number of aliphatic imine (C=N–C) groups is 1. The Kier molecular flexibility index (Phi) is 3.50. The van der Waals surface area contributed by atoms with Crippen LogP contribution in [0.5, 0.6) is 0 Å². The minimum atomic E-state index is 0.247. The molecular weight excluding hydrogens is 206 g/mol. The van der Waals surface area contributed by atoms with Gasteiger partial charge in [0.2, 0.25) is 0 Å². The van der Waals surface area contributed by atoms with Crippen LogP contribution in [-0.2, 0) is 0 Å². The van der Waals surface area contributed by atoms with Gasteiger partial charge in [-0.2, -0.15) is 0 Å². The van der Waals surface area contributed by atoms with Gasteiger partial charge >= 0.3 is 0 Å².